The van der Waals surface area contributed by atoms with Gasteiger partial charge in [-0.05, 0) is 24.0 Å². The monoisotopic (exact) mass is 230 g/mol. The van der Waals surface area contributed by atoms with Crippen molar-refractivity contribution in [1.82, 2.24) is 0 Å². The Labute approximate surface area is 101 Å². The fourth-order valence-electron chi connectivity index (χ4n) is 0.925. The van der Waals surface area contributed by atoms with Gasteiger partial charge in [0.15, 0.2) is 0 Å². The lowest BCUT2D eigenvalue weighted by Crippen LogP contribution is -2.09. The lowest BCUT2D eigenvalue weighted by Gasteiger charge is -1.95. The molecule has 17 heavy (non-hydrogen) atoms. The van der Waals surface area contributed by atoms with E-state index in [1.165, 1.54) is 6.08 Å². The first-order valence-electron chi connectivity index (χ1n) is 5.24. The van der Waals surface area contributed by atoms with Gasteiger partial charge in [0.2, 0.25) is 0 Å². The maximum Gasteiger partial charge on any atom is 0.110 e. The summed E-state index contributed by atoms with van der Waals surface area (Å²) in [4.78, 5) is 0. The van der Waals surface area contributed by atoms with Crippen LogP contribution in [0.15, 0.2) is 36.5 Å². The predicted molar refractivity (Wildman–Crippen MR) is 65.8 cm³/mol. The summed E-state index contributed by atoms with van der Waals surface area (Å²) < 4.78 is 4.92. The molecule has 2 unspecified atom stereocenters. The Bertz CT molecular complexity index is 420. The first kappa shape index (κ1) is 13.3. The first-order valence-corrected chi connectivity index (χ1v) is 5.24. The normalized spacial score (nSPS) is 20.0. The van der Waals surface area contributed by atoms with E-state index in [2.05, 4.69) is 23.7 Å². The van der Waals surface area contributed by atoms with Crippen molar-refractivity contribution >= 4 is 0 Å². The largest absolute Gasteiger partial charge is 0.392 e. The maximum absolute atomic E-state index is 9.38. The van der Waals surface area contributed by atoms with E-state index in [0.29, 0.717) is 6.61 Å². The van der Waals surface area contributed by atoms with Crippen LogP contribution in [0, 0.1) is 23.7 Å². The summed E-state index contributed by atoms with van der Waals surface area (Å²) in [5.41, 5.74) is 0. The number of hydrogen-bond donors (Lipinski definition) is 2. The van der Waals surface area contributed by atoms with Gasteiger partial charge in [0.1, 0.15) is 12.2 Å². The summed E-state index contributed by atoms with van der Waals surface area (Å²) in [5.74, 6) is 10.6. The van der Waals surface area contributed by atoms with Gasteiger partial charge in [0.25, 0.3) is 0 Å². The van der Waals surface area contributed by atoms with Gasteiger partial charge in [-0.15, -0.1) is 0 Å². The minimum Gasteiger partial charge on any atom is -0.392 e. The molecule has 0 bridgehead atoms. The zero-order chi connectivity index (χ0) is 12.3. The molecule has 1 saturated heterocycles. The number of aliphatic hydroxyl groups is 2. The van der Waals surface area contributed by atoms with Gasteiger partial charge < -0.3 is 14.9 Å². The minimum absolute atomic E-state index is 0.0140. The Morgan fingerprint density at radius 1 is 1.24 bits per heavy atom. The van der Waals surface area contributed by atoms with Crippen molar-refractivity contribution in [2.75, 3.05) is 13.2 Å². The molecule has 1 aliphatic heterocycles. The van der Waals surface area contributed by atoms with Crippen LogP contribution in [0.4, 0.5) is 0 Å². The molecule has 3 nitrogen and oxygen atoms in total. The van der Waals surface area contributed by atoms with Crippen molar-refractivity contribution in [1.29, 1.82) is 0 Å². The van der Waals surface area contributed by atoms with Gasteiger partial charge in [-0.2, -0.15) is 0 Å². The Kier molecular flexibility index (Phi) is 6.55. The highest BCUT2D eigenvalue weighted by Crippen LogP contribution is 2.14. The average molecular weight is 230 g/mol. The van der Waals surface area contributed by atoms with Crippen LogP contribution >= 0.6 is 0 Å². The SMILES string of the molecule is OCC=CC#CC#CC=CC=CC(O)C1CO1. The molecular formula is C14H14O3. The smallest absolute Gasteiger partial charge is 0.110 e. The predicted octanol–water partition coefficient (Wildman–Crippen LogP) is 0.414. The van der Waals surface area contributed by atoms with Gasteiger partial charge in [-0.25, -0.2) is 0 Å². The molecular weight excluding hydrogens is 216 g/mol. The molecule has 0 amide bonds. The Balaban J connectivity index is 2.22. The molecule has 0 aromatic heterocycles. The molecule has 0 aromatic rings. The summed E-state index contributed by atoms with van der Waals surface area (Å²) in [6.07, 6.45) is 9.27. The zero-order valence-corrected chi connectivity index (χ0v) is 9.34. The fraction of sp³-hybridized carbons (Fsp3) is 0.286. The molecule has 0 spiro atoms. The lowest BCUT2D eigenvalue weighted by atomic mass is 10.2. The quantitative estimate of drug-likeness (QED) is 0.418. The molecule has 0 saturated carbocycles. The number of epoxide rings is 1. The zero-order valence-electron chi connectivity index (χ0n) is 9.34. The highest BCUT2D eigenvalue weighted by Gasteiger charge is 2.28. The molecule has 0 aliphatic carbocycles. The number of allylic oxidation sites excluding steroid dienone is 4. The van der Waals surface area contributed by atoms with E-state index in [4.69, 9.17) is 9.84 Å². The van der Waals surface area contributed by atoms with E-state index in [-0.39, 0.29) is 12.7 Å². The van der Waals surface area contributed by atoms with Gasteiger partial charge in [-0.3, -0.25) is 0 Å². The topological polar surface area (TPSA) is 53.0 Å². The van der Waals surface area contributed by atoms with Crippen LogP contribution in [0.5, 0.6) is 0 Å². The van der Waals surface area contributed by atoms with Crippen LogP contribution in [-0.2, 0) is 4.74 Å². The first-order chi connectivity index (χ1) is 8.34. The number of rotatable bonds is 4. The second-order valence-electron chi connectivity index (χ2n) is 3.23. The number of aliphatic hydroxyl groups excluding tert-OH is 2. The summed E-state index contributed by atoms with van der Waals surface area (Å²) >= 11 is 0. The third-order valence-corrected chi connectivity index (χ3v) is 1.85. The van der Waals surface area contributed by atoms with E-state index in [1.807, 2.05) is 0 Å². The van der Waals surface area contributed by atoms with Crippen molar-refractivity contribution in [3.63, 3.8) is 0 Å². The van der Waals surface area contributed by atoms with Crippen molar-refractivity contribution in [3.05, 3.63) is 36.5 Å². The van der Waals surface area contributed by atoms with Crippen LogP contribution in [-0.4, -0.2) is 35.6 Å². The van der Waals surface area contributed by atoms with Crippen molar-refractivity contribution in [2.45, 2.75) is 12.2 Å². The van der Waals surface area contributed by atoms with Gasteiger partial charge in [-0.1, -0.05) is 36.1 Å². The maximum atomic E-state index is 9.38. The fourth-order valence-corrected chi connectivity index (χ4v) is 0.925. The molecule has 1 aliphatic rings. The van der Waals surface area contributed by atoms with Crippen LogP contribution in [0.25, 0.3) is 0 Å². The van der Waals surface area contributed by atoms with Crippen LogP contribution < -0.4 is 0 Å². The standard InChI is InChI=1S/C14H14O3/c15-11-9-7-5-3-1-2-4-6-8-10-13(16)14-12-17-14/h4,6-10,13-16H,11-12H2. The molecule has 1 heterocycles. The van der Waals surface area contributed by atoms with Crippen LogP contribution in [0.2, 0.25) is 0 Å². The Morgan fingerprint density at radius 3 is 2.59 bits per heavy atom. The van der Waals surface area contributed by atoms with E-state index < -0.39 is 6.10 Å². The molecule has 1 fully saturated rings. The summed E-state index contributed by atoms with van der Waals surface area (Å²) in [6.45, 7) is 0.617. The molecule has 88 valence electrons. The summed E-state index contributed by atoms with van der Waals surface area (Å²) in [5, 5.41) is 17.8. The van der Waals surface area contributed by atoms with Crippen molar-refractivity contribution in [2.24, 2.45) is 0 Å². The van der Waals surface area contributed by atoms with E-state index in [1.54, 1.807) is 30.4 Å². The van der Waals surface area contributed by atoms with Crippen molar-refractivity contribution in [3.8, 4) is 23.7 Å². The third-order valence-electron chi connectivity index (χ3n) is 1.85. The second kappa shape index (κ2) is 8.38. The van der Waals surface area contributed by atoms with Crippen LogP contribution in [0.1, 0.15) is 0 Å². The molecule has 2 N–H and O–H groups in total. The Morgan fingerprint density at radius 2 is 1.94 bits per heavy atom. The second-order valence-corrected chi connectivity index (χ2v) is 3.23. The lowest BCUT2D eigenvalue weighted by molar-refractivity contribution is 0.178. The average Bonchev–Trinajstić information content (AvgIpc) is 3.15. The highest BCUT2D eigenvalue weighted by molar-refractivity contribution is 5.34. The van der Waals surface area contributed by atoms with E-state index in [0.717, 1.165) is 0 Å². The third kappa shape index (κ3) is 7.16. The number of ether oxygens (including phenoxy) is 1. The van der Waals surface area contributed by atoms with Crippen LogP contribution in [0.3, 0.4) is 0 Å². The van der Waals surface area contributed by atoms with E-state index in [9.17, 15) is 5.11 Å². The highest BCUT2D eigenvalue weighted by atomic mass is 16.6. The molecule has 1 rings (SSSR count). The molecule has 0 radical (unpaired) electrons. The van der Waals surface area contributed by atoms with Crippen molar-refractivity contribution < 1.29 is 14.9 Å². The van der Waals surface area contributed by atoms with E-state index >= 15 is 0 Å². The van der Waals surface area contributed by atoms with Gasteiger partial charge >= 0.3 is 0 Å². The Hall–Kier alpha value is -1.78. The van der Waals surface area contributed by atoms with Gasteiger partial charge in [0, 0.05) is 0 Å². The summed E-state index contributed by atoms with van der Waals surface area (Å²) in [6, 6.07) is 0. The number of hydrogen-bond acceptors (Lipinski definition) is 3. The molecule has 3 heteroatoms. The molecule has 0 aromatic carbocycles. The minimum atomic E-state index is -0.531. The molecule has 2 atom stereocenters. The summed E-state index contributed by atoms with van der Waals surface area (Å²) in [7, 11) is 0. The van der Waals surface area contributed by atoms with Gasteiger partial charge in [0.05, 0.1) is 13.2 Å².